The number of nitrogens with zero attached hydrogens (tertiary/aromatic N) is 6. The second kappa shape index (κ2) is 10.6. The van der Waals surface area contributed by atoms with Gasteiger partial charge in [-0.15, -0.1) is 0 Å². The Morgan fingerprint density at radius 1 is 0.943 bits per heavy atom. The first-order valence-corrected chi connectivity index (χ1v) is 11.9. The Labute approximate surface area is 205 Å². The number of ether oxygens (including phenoxy) is 2. The lowest BCUT2D eigenvalue weighted by molar-refractivity contribution is 0.122. The fourth-order valence-electron chi connectivity index (χ4n) is 4.03. The van der Waals surface area contributed by atoms with E-state index in [-0.39, 0.29) is 0 Å². The molecular formula is C27H30N6O2. The highest BCUT2D eigenvalue weighted by atomic mass is 16.5. The molecule has 0 amide bonds. The summed E-state index contributed by atoms with van der Waals surface area (Å²) < 4.78 is 13.3. The molecule has 0 atom stereocenters. The van der Waals surface area contributed by atoms with E-state index in [1.54, 1.807) is 4.68 Å². The van der Waals surface area contributed by atoms with Crippen LogP contribution in [0.4, 0.5) is 11.5 Å². The van der Waals surface area contributed by atoms with Gasteiger partial charge in [0.05, 0.1) is 25.5 Å². The second-order valence-corrected chi connectivity index (χ2v) is 8.59. The normalized spacial score (nSPS) is 13.6. The molecule has 4 aromatic rings. The van der Waals surface area contributed by atoms with Crippen LogP contribution in [-0.4, -0.2) is 66.3 Å². The zero-order chi connectivity index (χ0) is 24.0. The maximum Gasteiger partial charge on any atom is 0.320 e. The molecule has 180 valence electrons. The molecule has 0 unspecified atom stereocenters. The molecule has 0 radical (unpaired) electrons. The summed E-state index contributed by atoms with van der Waals surface area (Å²) in [6.07, 6.45) is 1.93. The number of rotatable bonds is 8. The molecular weight excluding hydrogens is 440 g/mol. The Hall–Kier alpha value is -3.91. The standard InChI is InChI=1S/C27H30N6O2/c1-21-7-6-8-22(19-21)24-11-12-33(30-24)26-20-25(32-14-16-34-17-15-32)28-27(29-26)35-18-13-31(2)23-9-4-3-5-10-23/h3-12,19-20H,13-18H2,1-2H3. The quantitative estimate of drug-likeness (QED) is 0.386. The minimum atomic E-state index is 0.345. The Morgan fingerprint density at radius 3 is 2.54 bits per heavy atom. The first kappa shape index (κ1) is 22.9. The van der Waals surface area contributed by atoms with Gasteiger partial charge in [-0.05, 0) is 31.2 Å². The van der Waals surface area contributed by atoms with Gasteiger partial charge in [0.1, 0.15) is 12.4 Å². The Balaban J connectivity index is 1.37. The summed E-state index contributed by atoms with van der Waals surface area (Å²) in [6, 6.07) is 22.9. The molecule has 1 saturated heterocycles. The van der Waals surface area contributed by atoms with Crippen molar-refractivity contribution in [2.24, 2.45) is 0 Å². The van der Waals surface area contributed by atoms with Crippen molar-refractivity contribution in [1.29, 1.82) is 0 Å². The molecule has 35 heavy (non-hydrogen) atoms. The first-order valence-electron chi connectivity index (χ1n) is 11.9. The van der Waals surface area contributed by atoms with Gasteiger partial charge in [0, 0.05) is 43.7 Å². The van der Waals surface area contributed by atoms with E-state index in [1.807, 2.05) is 49.6 Å². The van der Waals surface area contributed by atoms with Crippen molar-refractivity contribution < 1.29 is 9.47 Å². The van der Waals surface area contributed by atoms with Crippen LogP contribution in [-0.2, 0) is 4.74 Å². The molecule has 0 bridgehead atoms. The molecule has 1 aliphatic heterocycles. The number of para-hydroxylation sites is 1. The van der Waals surface area contributed by atoms with E-state index in [0.29, 0.717) is 38.2 Å². The predicted molar refractivity (Wildman–Crippen MR) is 138 cm³/mol. The van der Waals surface area contributed by atoms with Crippen molar-refractivity contribution in [2.75, 3.05) is 56.3 Å². The summed E-state index contributed by atoms with van der Waals surface area (Å²) in [7, 11) is 2.05. The topological polar surface area (TPSA) is 68.5 Å². The van der Waals surface area contributed by atoms with Crippen molar-refractivity contribution in [3.05, 3.63) is 78.5 Å². The lowest BCUT2D eigenvalue weighted by atomic mass is 10.1. The van der Waals surface area contributed by atoms with Crippen LogP contribution in [0.2, 0.25) is 0 Å². The van der Waals surface area contributed by atoms with E-state index >= 15 is 0 Å². The number of aromatic nitrogens is 4. The number of aryl methyl sites for hydroxylation is 1. The largest absolute Gasteiger partial charge is 0.461 e. The highest BCUT2D eigenvalue weighted by Gasteiger charge is 2.17. The van der Waals surface area contributed by atoms with Gasteiger partial charge in [-0.25, -0.2) is 4.68 Å². The number of morpholine rings is 1. The molecule has 2 aromatic heterocycles. The van der Waals surface area contributed by atoms with Gasteiger partial charge in [0.25, 0.3) is 0 Å². The van der Waals surface area contributed by atoms with Gasteiger partial charge in [-0.2, -0.15) is 15.1 Å². The van der Waals surface area contributed by atoms with Crippen LogP contribution < -0.4 is 14.5 Å². The van der Waals surface area contributed by atoms with E-state index in [9.17, 15) is 0 Å². The summed E-state index contributed by atoms with van der Waals surface area (Å²) >= 11 is 0. The summed E-state index contributed by atoms with van der Waals surface area (Å²) in [5, 5.41) is 4.79. The molecule has 8 nitrogen and oxygen atoms in total. The molecule has 0 saturated carbocycles. The third-order valence-electron chi connectivity index (χ3n) is 6.01. The summed E-state index contributed by atoms with van der Waals surface area (Å²) in [4.78, 5) is 13.7. The SMILES string of the molecule is Cc1cccc(-c2ccn(-c3cc(N4CCOCC4)nc(OCCN(C)c4ccccc4)n3)n2)c1. The van der Waals surface area contributed by atoms with Gasteiger partial charge in [-0.3, -0.25) is 0 Å². The number of hydrogen-bond acceptors (Lipinski definition) is 7. The zero-order valence-corrected chi connectivity index (χ0v) is 20.2. The summed E-state index contributed by atoms with van der Waals surface area (Å²) in [5.41, 5.74) is 4.31. The highest BCUT2D eigenvalue weighted by molar-refractivity contribution is 5.60. The number of benzene rings is 2. The van der Waals surface area contributed by atoms with Crippen LogP contribution in [0.25, 0.3) is 17.1 Å². The van der Waals surface area contributed by atoms with Crippen molar-refractivity contribution in [2.45, 2.75) is 6.92 Å². The number of anilines is 2. The molecule has 0 N–H and O–H groups in total. The number of likely N-dealkylation sites (N-methyl/N-ethyl adjacent to an activating group) is 1. The van der Waals surface area contributed by atoms with Crippen LogP contribution in [0.5, 0.6) is 6.01 Å². The van der Waals surface area contributed by atoms with Crippen molar-refractivity contribution in [3.8, 4) is 23.1 Å². The number of hydrogen-bond donors (Lipinski definition) is 0. The zero-order valence-electron chi connectivity index (χ0n) is 20.2. The average molecular weight is 471 g/mol. The second-order valence-electron chi connectivity index (χ2n) is 8.59. The fourth-order valence-corrected chi connectivity index (χ4v) is 4.03. The molecule has 5 rings (SSSR count). The average Bonchev–Trinajstić information content (AvgIpc) is 3.40. The van der Waals surface area contributed by atoms with Crippen molar-refractivity contribution >= 4 is 11.5 Å². The van der Waals surface area contributed by atoms with Crippen LogP contribution in [0.15, 0.2) is 72.9 Å². The van der Waals surface area contributed by atoms with Crippen LogP contribution in [0.3, 0.4) is 0 Å². The van der Waals surface area contributed by atoms with Gasteiger partial charge in [0.2, 0.25) is 0 Å². The molecule has 3 heterocycles. The Kier molecular flexibility index (Phi) is 6.90. The molecule has 2 aromatic carbocycles. The van der Waals surface area contributed by atoms with Gasteiger partial charge in [0.15, 0.2) is 5.82 Å². The van der Waals surface area contributed by atoms with Crippen molar-refractivity contribution in [1.82, 2.24) is 19.7 Å². The maximum absolute atomic E-state index is 6.04. The predicted octanol–water partition coefficient (Wildman–Crippen LogP) is 3.99. The van der Waals surface area contributed by atoms with Crippen molar-refractivity contribution in [3.63, 3.8) is 0 Å². The fraction of sp³-hybridized carbons (Fsp3) is 0.296. The summed E-state index contributed by atoms with van der Waals surface area (Å²) in [6.45, 7) is 6.17. The van der Waals surface area contributed by atoms with Crippen LogP contribution in [0, 0.1) is 6.92 Å². The smallest absolute Gasteiger partial charge is 0.320 e. The lowest BCUT2D eigenvalue weighted by Gasteiger charge is -2.28. The van der Waals surface area contributed by atoms with Gasteiger partial charge in [-0.1, -0.05) is 42.0 Å². The minimum absolute atomic E-state index is 0.345. The molecule has 1 aliphatic rings. The molecule has 0 aliphatic carbocycles. The van der Waals surface area contributed by atoms with E-state index in [0.717, 1.165) is 35.9 Å². The third kappa shape index (κ3) is 5.60. The van der Waals surface area contributed by atoms with E-state index in [1.165, 1.54) is 5.56 Å². The van der Waals surface area contributed by atoms with E-state index in [2.05, 4.69) is 52.0 Å². The monoisotopic (exact) mass is 470 g/mol. The third-order valence-corrected chi connectivity index (χ3v) is 6.01. The molecule has 1 fully saturated rings. The Morgan fingerprint density at radius 2 is 1.74 bits per heavy atom. The maximum atomic E-state index is 6.04. The first-order chi connectivity index (χ1) is 17.2. The van der Waals surface area contributed by atoms with E-state index < -0.39 is 0 Å². The highest BCUT2D eigenvalue weighted by Crippen LogP contribution is 2.23. The molecule has 0 spiro atoms. The summed E-state index contributed by atoms with van der Waals surface area (Å²) in [5.74, 6) is 1.49. The lowest BCUT2D eigenvalue weighted by Crippen LogP contribution is -2.37. The minimum Gasteiger partial charge on any atom is -0.461 e. The molecule has 8 heteroatoms. The van der Waals surface area contributed by atoms with Gasteiger partial charge < -0.3 is 19.3 Å². The van der Waals surface area contributed by atoms with E-state index in [4.69, 9.17) is 19.6 Å². The Bertz CT molecular complexity index is 1250. The van der Waals surface area contributed by atoms with Crippen LogP contribution in [0.1, 0.15) is 5.56 Å². The van der Waals surface area contributed by atoms with Gasteiger partial charge >= 0.3 is 6.01 Å². The van der Waals surface area contributed by atoms with Crippen LogP contribution >= 0.6 is 0 Å².